The number of benzene rings is 2. The summed E-state index contributed by atoms with van der Waals surface area (Å²) < 4.78 is 1.93. The molecule has 0 unspecified atom stereocenters. The van der Waals surface area contributed by atoms with Gasteiger partial charge in [-0.15, -0.1) is 0 Å². The van der Waals surface area contributed by atoms with E-state index in [2.05, 4.69) is 10.5 Å². The number of hydrogen-bond acceptors (Lipinski definition) is 4. The van der Waals surface area contributed by atoms with Gasteiger partial charge in [0, 0.05) is 29.1 Å². The second-order valence-corrected chi connectivity index (χ2v) is 6.98. The van der Waals surface area contributed by atoms with Crippen molar-refractivity contribution < 1.29 is 9.72 Å². The Kier molecular flexibility index (Phi) is 5.79. The van der Waals surface area contributed by atoms with Crippen LogP contribution in [0.15, 0.2) is 53.6 Å². The molecule has 0 bridgehead atoms. The van der Waals surface area contributed by atoms with Gasteiger partial charge in [0.25, 0.3) is 11.6 Å². The summed E-state index contributed by atoms with van der Waals surface area (Å²) in [6.45, 7) is 5.70. The highest BCUT2D eigenvalue weighted by atomic mass is 35.5. The number of amides is 1. The van der Waals surface area contributed by atoms with Crippen molar-refractivity contribution in [1.82, 2.24) is 9.99 Å². The molecule has 0 aliphatic heterocycles. The first-order valence-corrected chi connectivity index (χ1v) is 9.19. The van der Waals surface area contributed by atoms with Crippen molar-refractivity contribution in [1.29, 1.82) is 0 Å². The summed E-state index contributed by atoms with van der Waals surface area (Å²) in [4.78, 5) is 22.9. The summed E-state index contributed by atoms with van der Waals surface area (Å²) in [5.41, 5.74) is 7.00. The molecule has 7 nitrogen and oxygen atoms in total. The van der Waals surface area contributed by atoms with Crippen molar-refractivity contribution >= 4 is 29.4 Å². The van der Waals surface area contributed by atoms with Gasteiger partial charge in [-0.2, -0.15) is 5.10 Å². The molecule has 0 fully saturated rings. The lowest BCUT2D eigenvalue weighted by Gasteiger charge is -2.12. The van der Waals surface area contributed by atoms with E-state index >= 15 is 0 Å². The molecule has 8 heteroatoms. The number of carbonyl (C=O) groups is 1. The second-order valence-electron chi connectivity index (χ2n) is 6.57. The first kappa shape index (κ1) is 20.3. The number of hydrogen-bond donors (Lipinski definition) is 1. The van der Waals surface area contributed by atoms with Crippen LogP contribution in [0, 0.1) is 30.9 Å². The van der Waals surface area contributed by atoms with Crippen molar-refractivity contribution in [2.45, 2.75) is 20.8 Å². The van der Waals surface area contributed by atoms with Gasteiger partial charge in [0.2, 0.25) is 0 Å². The largest absolute Gasteiger partial charge is 0.317 e. The van der Waals surface area contributed by atoms with Crippen LogP contribution in [0.4, 0.5) is 5.69 Å². The predicted octanol–water partition coefficient (Wildman–Crippen LogP) is 4.73. The third-order valence-electron chi connectivity index (χ3n) is 4.60. The highest BCUT2D eigenvalue weighted by molar-refractivity contribution is 6.33. The van der Waals surface area contributed by atoms with Crippen molar-refractivity contribution in [2.75, 3.05) is 0 Å². The fraction of sp³-hybridized carbons (Fsp3) is 0.143. The highest BCUT2D eigenvalue weighted by Crippen LogP contribution is 2.26. The molecular formula is C21H19ClN4O3. The van der Waals surface area contributed by atoms with Crippen molar-refractivity contribution in [3.05, 3.63) is 91.7 Å². The summed E-state index contributed by atoms with van der Waals surface area (Å²) >= 11 is 6.02. The Morgan fingerprint density at radius 2 is 1.90 bits per heavy atom. The normalized spacial score (nSPS) is 11.0. The summed E-state index contributed by atoms with van der Waals surface area (Å²) in [6.07, 6.45) is 1.54. The van der Waals surface area contributed by atoms with Gasteiger partial charge >= 0.3 is 0 Å². The molecule has 0 saturated heterocycles. The number of carbonyl (C=O) groups excluding carboxylic acids is 1. The van der Waals surface area contributed by atoms with Gasteiger partial charge in [0.1, 0.15) is 0 Å². The van der Waals surface area contributed by atoms with Crippen molar-refractivity contribution in [3.8, 4) is 5.69 Å². The van der Waals surface area contributed by atoms with Crippen LogP contribution in [0.5, 0.6) is 0 Å². The first-order valence-electron chi connectivity index (χ1n) is 8.82. The van der Waals surface area contributed by atoms with E-state index in [-0.39, 0.29) is 5.69 Å². The topological polar surface area (TPSA) is 89.5 Å². The number of aromatic nitrogens is 1. The molecule has 3 aromatic rings. The maximum absolute atomic E-state index is 12.2. The number of non-ortho nitro benzene ring substituents is 1. The van der Waals surface area contributed by atoms with E-state index in [0.29, 0.717) is 10.6 Å². The minimum Gasteiger partial charge on any atom is -0.317 e. The Morgan fingerprint density at radius 3 is 2.59 bits per heavy atom. The molecule has 29 heavy (non-hydrogen) atoms. The fourth-order valence-electron chi connectivity index (χ4n) is 3.11. The molecule has 0 aliphatic rings. The average Bonchev–Trinajstić information content (AvgIpc) is 2.96. The van der Waals surface area contributed by atoms with Gasteiger partial charge in [-0.1, -0.05) is 29.8 Å². The molecule has 2 aromatic carbocycles. The minimum atomic E-state index is -0.413. The maximum atomic E-state index is 12.2. The number of aryl methyl sites for hydroxylation is 2. The van der Waals surface area contributed by atoms with E-state index in [0.717, 1.165) is 28.2 Å². The first-order chi connectivity index (χ1) is 13.8. The zero-order chi connectivity index (χ0) is 21.1. The van der Waals surface area contributed by atoms with Crippen molar-refractivity contribution in [3.63, 3.8) is 0 Å². The van der Waals surface area contributed by atoms with E-state index in [9.17, 15) is 14.9 Å². The standard InChI is InChI=1S/C21H19ClN4O3/c1-13-8-9-17(26(28)29)11-20(13)25-14(2)10-16(15(25)3)12-23-24-21(27)18-6-4-5-7-19(18)22/h4-12H,1-3H3,(H,24,27)/b23-12-. The summed E-state index contributed by atoms with van der Waals surface area (Å²) in [5, 5.41) is 15.5. The summed E-state index contributed by atoms with van der Waals surface area (Å²) in [5.74, 6) is -0.407. The number of nitro groups is 1. The van der Waals surface area contributed by atoms with Gasteiger partial charge in [-0.05, 0) is 44.5 Å². The lowest BCUT2D eigenvalue weighted by Crippen LogP contribution is -2.18. The van der Waals surface area contributed by atoms with Crippen LogP contribution in [0.2, 0.25) is 5.02 Å². The maximum Gasteiger partial charge on any atom is 0.272 e. The quantitative estimate of drug-likeness (QED) is 0.374. The Balaban J connectivity index is 1.88. The van der Waals surface area contributed by atoms with E-state index in [1.807, 2.05) is 31.4 Å². The zero-order valence-electron chi connectivity index (χ0n) is 16.1. The number of rotatable bonds is 5. The molecule has 1 aromatic heterocycles. The molecule has 0 spiro atoms. The molecular weight excluding hydrogens is 392 g/mol. The van der Waals surface area contributed by atoms with Crippen LogP contribution >= 0.6 is 11.6 Å². The molecule has 0 aliphatic carbocycles. The molecule has 0 atom stereocenters. The monoisotopic (exact) mass is 410 g/mol. The van der Waals surface area contributed by atoms with Crippen LogP contribution in [0.3, 0.4) is 0 Å². The molecule has 3 rings (SSSR count). The fourth-order valence-corrected chi connectivity index (χ4v) is 3.33. The lowest BCUT2D eigenvalue weighted by atomic mass is 10.1. The molecule has 1 amide bonds. The van der Waals surface area contributed by atoms with Gasteiger partial charge < -0.3 is 4.57 Å². The van der Waals surface area contributed by atoms with E-state index in [1.54, 1.807) is 42.6 Å². The van der Waals surface area contributed by atoms with Crippen LogP contribution in [0.25, 0.3) is 5.69 Å². The van der Waals surface area contributed by atoms with E-state index in [1.165, 1.54) is 6.07 Å². The smallest absolute Gasteiger partial charge is 0.272 e. The van der Waals surface area contributed by atoms with Gasteiger partial charge in [-0.3, -0.25) is 14.9 Å². The van der Waals surface area contributed by atoms with Crippen LogP contribution in [0.1, 0.15) is 32.9 Å². The number of nitrogens with one attached hydrogen (secondary N) is 1. The number of hydrazone groups is 1. The number of halogens is 1. The van der Waals surface area contributed by atoms with Gasteiger partial charge in [0.05, 0.1) is 27.4 Å². The van der Waals surface area contributed by atoms with Crippen molar-refractivity contribution in [2.24, 2.45) is 5.10 Å². The Bertz CT molecular complexity index is 1130. The lowest BCUT2D eigenvalue weighted by molar-refractivity contribution is -0.384. The molecule has 0 radical (unpaired) electrons. The summed E-state index contributed by atoms with van der Waals surface area (Å²) in [6, 6.07) is 13.4. The van der Waals surface area contributed by atoms with Crippen LogP contribution < -0.4 is 5.43 Å². The van der Waals surface area contributed by atoms with Gasteiger partial charge in [-0.25, -0.2) is 5.43 Å². The SMILES string of the molecule is Cc1ccc([N+](=O)[O-])cc1-n1c(C)cc(/C=N\NC(=O)c2ccccc2Cl)c1C. The molecule has 0 saturated carbocycles. The zero-order valence-corrected chi connectivity index (χ0v) is 16.9. The summed E-state index contributed by atoms with van der Waals surface area (Å²) in [7, 11) is 0. The number of nitro benzene ring substituents is 1. The Labute approximate surface area is 172 Å². The van der Waals surface area contributed by atoms with E-state index in [4.69, 9.17) is 11.6 Å². The van der Waals surface area contributed by atoms with Crippen LogP contribution in [-0.4, -0.2) is 21.6 Å². The Hall–Kier alpha value is -3.45. The Morgan fingerprint density at radius 1 is 1.17 bits per heavy atom. The van der Waals surface area contributed by atoms with E-state index < -0.39 is 10.8 Å². The second kappa shape index (κ2) is 8.28. The van der Waals surface area contributed by atoms with Gasteiger partial charge in [0.15, 0.2) is 0 Å². The minimum absolute atomic E-state index is 0.0281. The van der Waals surface area contributed by atoms with Crippen LogP contribution in [-0.2, 0) is 0 Å². The molecule has 148 valence electrons. The predicted molar refractivity (Wildman–Crippen MR) is 113 cm³/mol. The molecule has 1 N–H and O–H groups in total. The third-order valence-corrected chi connectivity index (χ3v) is 4.93. The highest BCUT2D eigenvalue weighted by Gasteiger charge is 2.15. The number of nitrogens with zero attached hydrogens (tertiary/aromatic N) is 3. The third kappa shape index (κ3) is 4.20. The molecule has 1 heterocycles. The average molecular weight is 411 g/mol.